The van der Waals surface area contributed by atoms with Gasteiger partial charge in [0.1, 0.15) is 6.10 Å². The van der Waals surface area contributed by atoms with Crippen LogP contribution in [0.15, 0.2) is 12.7 Å². The number of rotatable bonds is 2. The van der Waals surface area contributed by atoms with Crippen molar-refractivity contribution in [3.63, 3.8) is 0 Å². The van der Waals surface area contributed by atoms with Gasteiger partial charge in [0.2, 0.25) is 0 Å². The Balaban J connectivity index is 2.23. The summed E-state index contributed by atoms with van der Waals surface area (Å²) in [6.07, 6.45) is 4.32. The van der Waals surface area contributed by atoms with Crippen molar-refractivity contribution in [2.75, 3.05) is 0 Å². The summed E-state index contributed by atoms with van der Waals surface area (Å²) in [7, 11) is 0. The van der Waals surface area contributed by atoms with E-state index in [-0.39, 0.29) is 17.1 Å². The van der Waals surface area contributed by atoms with Crippen LogP contribution in [0, 0.1) is 5.41 Å². The molecule has 1 aliphatic carbocycles. The van der Waals surface area contributed by atoms with Crippen LogP contribution in [-0.4, -0.2) is 22.4 Å². The van der Waals surface area contributed by atoms with E-state index in [1.165, 1.54) is 0 Å². The van der Waals surface area contributed by atoms with Crippen molar-refractivity contribution in [1.29, 1.82) is 0 Å². The highest BCUT2D eigenvalue weighted by Crippen LogP contribution is 2.59. The summed E-state index contributed by atoms with van der Waals surface area (Å²) in [5, 5.41) is 10.5. The Labute approximate surface area is 86.0 Å². The lowest BCUT2D eigenvalue weighted by atomic mass is 9.65. The quantitative estimate of drug-likeness (QED) is 0.543. The molecule has 0 aromatic rings. The average Bonchev–Trinajstić information content (AvgIpc) is 2.58. The highest BCUT2D eigenvalue weighted by Gasteiger charge is 2.67. The van der Waals surface area contributed by atoms with Gasteiger partial charge in [-0.25, -0.2) is 0 Å². The minimum absolute atomic E-state index is 0.0287. The molecule has 3 atom stereocenters. The molecule has 1 heterocycles. The molecular formula is C12H20O2. The van der Waals surface area contributed by atoms with Crippen LogP contribution in [0.25, 0.3) is 0 Å². The van der Waals surface area contributed by atoms with E-state index in [2.05, 4.69) is 27.4 Å². The van der Waals surface area contributed by atoms with Gasteiger partial charge in [-0.05, 0) is 31.6 Å². The Morgan fingerprint density at radius 3 is 2.64 bits per heavy atom. The molecular weight excluding hydrogens is 176 g/mol. The van der Waals surface area contributed by atoms with Gasteiger partial charge in [0.15, 0.2) is 0 Å². The topological polar surface area (TPSA) is 32.8 Å². The fourth-order valence-corrected chi connectivity index (χ4v) is 3.41. The van der Waals surface area contributed by atoms with Crippen molar-refractivity contribution in [2.24, 2.45) is 5.41 Å². The Morgan fingerprint density at radius 1 is 1.43 bits per heavy atom. The summed E-state index contributed by atoms with van der Waals surface area (Å²) in [6.45, 7) is 10.2. The van der Waals surface area contributed by atoms with Crippen molar-refractivity contribution in [2.45, 2.75) is 57.3 Å². The molecule has 2 rings (SSSR count). The minimum Gasteiger partial charge on any atom is -0.387 e. The molecule has 2 nitrogen and oxygen atoms in total. The van der Waals surface area contributed by atoms with E-state index < -0.39 is 5.60 Å². The fraction of sp³-hybridized carbons (Fsp3) is 0.833. The fourth-order valence-electron chi connectivity index (χ4n) is 3.41. The lowest BCUT2D eigenvalue weighted by Gasteiger charge is -2.40. The third-order valence-corrected chi connectivity index (χ3v) is 3.48. The molecule has 1 aliphatic heterocycles. The lowest BCUT2D eigenvalue weighted by molar-refractivity contribution is -0.0347. The van der Waals surface area contributed by atoms with Crippen LogP contribution >= 0.6 is 0 Å². The van der Waals surface area contributed by atoms with Gasteiger partial charge in [-0.1, -0.05) is 19.9 Å². The molecule has 80 valence electrons. The predicted octanol–water partition coefficient (Wildman–Crippen LogP) is 2.27. The molecule has 1 saturated carbocycles. The van der Waals surface area contributed by atoms with Crippen molar-refractivity contribution in [3.05, 3.63) is 12.7 Å². The van der Waals surface area contributed by atoms with Crippen molar-refractivity contribution in [3.8, 4) is 0 Å². The summed E-state index contributed by atoms with van der Waals surface area (Å²) in [4.78, 5) is 0. The second kappa shape index (κ2) is 2.61. The maximum atomic E-state index is 10.5. The maximum Gasteiger partial charge on any atom is 0.116 e. The number of aliphatic hydroxyl groups is 1. The van der Waals surface area contributed by atoms with Gasteiger partial charge >= 0.3 is 0 Å². The van der Waals surface area contributed by atoms with Gasteiger partial charge in [0.05, 0.1) is 11.2 Å². The average molecular weight is 196 g/mol. The molecule has 2 heteroatoms. The number of fused-ring (bicyclic) bond motifs is 1. The third kappa shape index (κ3) is 1.41. The van der Waals surface area contributed by atoms with Crippen molar-refractivity contribution < 1.29 is 9.84 Å². The summed E-state index contributed by atoms with van der Waals surface area (Å²) < 4.78 is 5.67. The third-order valence-electron chi connectivity index (χ3n) is 3.48. The van der Waals surface area contributed by atoms with Crippen molar-refractivity contribution >= 4 is 0 Å². The van der Waals surface area contributed by atoms with Gasteiger partial charge in [-0.2, -0.15) is 0 Å². The van der Waals surface area contributed by atoms with Crippen LogP contribution < -0.4 is 0 Å². The van der Waals surface area contributed by atoms with Gasteiger partial charge in [-0.3, -0.25) is 0 Å². The maximum absolute atomic E-state index is 10.5. The molecule has 0 spiro atoms. The molecule has 14 heavy (non-hydrogen) atoms. The van der Waals surface area contributed by atoms with E-state index >= 15 is 0 Å². The van der Waals surface area contributed by atoms with E-state index in [4.69, 9.17) is 4.74 Å². The highest BCUT2D eigenvalue weighted by atomic mass is 16.6. The Hall–Kier alpha value is -0.340. The zero-order chi connectivity index (χ0) is 10.6. The summed E-state index contributed by atoms with van der Waals surface area (Å²) in [5.74, 6) is 0. The highest BCUT2D eigenvalue weighted by molar-refractivity contribution is 5.18. The lowest BCUT2D eigenvalue weighted by Crippen LogP contribution is -2.48. The van der Waals surface area contributed by atoms with Gasteiger partial charge in [0.25, 0.3) is 0 Å². The first-order chi connectivity index (χ1) is 6.31. The first-order valence-corrected chi connectivity index (χ1v) is 5.33. The number of epoxide rings is 1. The van der Waals surface area contributed by atoms with Crippen molar-refractivity contribution in [1.82, 2.24) is 0 Å². The van der Waals surface area contributed by atoms with Crippen LogP contribution in [-0.2, 0) is 4.74 Å². The van der Waals surface area contributed by atoms with Crippen LogP contribution in [0.2, 0.25) is 0 Å². The van der Waals surface area contributed by atoms with E-state index in [1.807, 2.05) is 0 Å². The predicted molar refractivity (Wildman–Crippen MR) is 56.1 cm³/mol. The molecule has 1 saturated heterocycles. The van der Waals surface area contributed by atoms with Crippen LogP contribution in [0.4, 0.5) is 0 Å². The van der Waals surface area contributed by atoms with Gasteiger partial charge in [-0.15, -0.1) is 6.58 Å². The number of ether oxygens (including phenoxy) is 1. The normalized spacial score (nSPS) is 49.6. The smallest absolute Gasteiger partial charge is 0.116 e. The zero-order valence-electron chi connectivity index (χ0n) is 9.34. The molecule has 2 fully saturated rings. The molecule has 0 aromatic heterocycles. The van der Waals surface area contributed by atoms with Crippen LogP contribution in [0.5, 0.6) is 0 Å². The summed E-state index contributed by atoms with van der Waals surface area (Å²) >= 11 is 0. The van der Waals surface area contributed by atoms with E-state index in [9.17, 15) is 5.11 Å². The molecule has 0 unspecified atom stereocenters. The van der Waals surface area contributed by atoms with Gasteiger partial charge in [0, 0.05) is 0 Å². The number of hydrogen-bond donors (Lipinski definition) is 1. The Morgan fingerprint density at radius 2 is 2.07 bits per heavy atom. The first-order valence-electron chi connectivity index (χ1n) is 5.33. The van der Waals surface area contributed by atoms with Crippen LogP contribution in [0.3, 0.4) is 0 Å². The van der Waals surface area contributed by atoms with Crippen LogP contribution in [0.1, 0.15) is 40.0 Å². The molecule has 0 bridgehead atoms. The number of hydrogen-bond acceptors (Lipinski definition) is 2. The largest absolute Gasteiger partial charge is 0.387 e. The minimum atomic E-state index is -0.682. The van der Waals surface area contributed by atoms with E-state index in [0.29, 0.717) is 6.42 Å². The van der Waals surface area contributed by atoms with Gasteiger partial charge < -0.3 is 9.84 Å². The van der Waals surface area contributed by atoms with E-state index in [0.717, 1.165) is 12.8 Å². The second-order valence-corrected chi connectivity index (χ2v) is 5.92. The first kappa shape index (κ1) is 10.2. The SMILES string of the molecule is C=CC[C@@]1(O)CC(C)(C)C[C@@]2(C)O[C@@H]12. The summed E-state index contributed by atoms with van der Waals surface area (Å²) in [5.41, 5.74) is -0.600. The Kier molecular flexibility index (Phi) is 1.90. The second-order valence-electron chi connectivity index (χ2n) is 5.92. The molecule has 0 amide bonds. The molecule has 2 aliphatic rings. The molecule has 0 aromatic carbocycles. The van der Waals surface area contributed by atoms with E-state index in [1.54, 1.807) is 6.08 Å². The monoisotopic (exact) mass is 196 g/mol. The molecule has 0 radical (unpaired) electrons. The summed E-state index contributed by atoms with van der Waals surface area (Å²) in [6, 6.07) is 0. The Bertz CT molecular complexity index is 269. The molecule has 1 N–H and O–H groups in total. The standard InChI is InChI=1S/C12H20O2/c1-5-6-12(13)8-10(2,3)7-11(4)9(12)14-11/h5,9,13H,1,6-8H2,2-4H3/t9-,11-,12-/m1/s1. The zero-order valence-corrected chi connectivity index (χ0v) is 9.34.